The van der Waals surface area contributed by atoms with Crippen LogP contribution in [0.1, 0.15) is 53.0 Å². The summed E-state index contributed by atoms with van der Waals surface area (Å²) in [7, 11) is 1.68. The van der Waals surface area contributed by atoms with Gasteiger partial charge in [0, 0.05) is 23.4 Å². The van der Waals surface area contributed by atoms with Crippen molar-refractivity contribution in [3.63, 3.8) is 0 Å². The monoisotopic (exact) mass is 417 g/mol. The number of ether oxygens (including phenoxy) is 2. The zero-order chi connectivity index (χ0) is 22.8. The third-order valence-corrected chi connectivity index (χ3v) is 6.47. The van der Waals surface area contributed by atoms with Crippen molar-refractivity contribution in [3.05, 3.63) is 72.0 Å². The molecule has 1 aromatic carbocycles. The number of pyridine rings is 1. The molecule has 1 unspecified atom stereocenters. The smallest absolute Gasteiger partial charge is 0.131 e. The number of rotatable bonds is 7. The number of fused-ring (bicyclic) bond motifs is 1. The molecule has 1 atom stereocenters. The maximum atomic E-state index is 6.15. The first-order chi connectivity index (χ1) is 14.7. The summed E-state index contributed by atoms with van der Waals surface area (Å²) in [6.45, 7) is 20.6. The van der Waals surface area contributed by atoms with Crippen LogP contribution >= 0.6 is 0 Å². The molecular weight excluding hydrogens is 382 g/mol. The van der Waals surface area contributed by atoms with Crippen molar-refractivity contribution in [2.24, 2.45) is 11.3 Å². The van der Waals surface area contributed by atoms with Crippen molar-refractivity contribution < 1.29 is 9.47 Å². The van der Waals surface area contributed by atoms with Gasteiger partial charge in [0.15, 0.2) is 0 Å². The number of hydrogen-bond acceptors (Lipinski definition) is 3. The first-order valence-electron chi connectivity index (χ1n) is 11.0. The highest BCUT2D eigenvalue weighted by Gasteiger charge is 2.27. The zero-order valence-corrected chi connectivity index (χ0v) is 19.8. The van der Waals surface area contributed by atoms with Gasteiger partial charge in [-0.1, -0.05) is 53.3 Å². The molecule has 0 aliphatic carbocycles. The number of methoxy groups -OCH3 is 1. The van der Waals surface area contributed by atoms with Gasteiger partial charge in [-0.2, -0.15) is 0 Å². The lowest BCUT2D eigenvalue weighted by Crippen LogP contribution is -2.21. The molecule has 31 heavy (non-hydrogen) atoms. The summed E-state index contributed by atoms with van der Waals surface area (Å²) in [4.78, 5) is 4.51. The summed E-state index contributed by atoms with van der Waals surface area (Å²) in [6, 6.07) is 9.97. The Morgan fingerprint density at radius 3 is 2.52 bits per heavy atom. The van der Waals surface area contributed by atoms with E-state index in [0.717, 1.165) is 57.9 Å². The van der Waals surface area contributed by atoms with E-state index >= 15 is 0 Å². The van der Waals surface area contributed by atoms with Gasteiger partial charge in [-0.25, -0.2) is 0 Å². The van der Waals surface area contributed by atoms with Gasteiger partial charge in [0.05, 0.1) is 12.8 Å². The summed E-state index contributed by atoms with van der Waals surface area (Å²) in [5.74, 6) is 2.15. The molecule has 164 valence electrons. The molecule has 0 N–H and O–H groups in total. The quantitative estimate of drug-likeness (QED) is 0.437. The SMILES string of the molecule is C=C(CC(CC)C(C)(C)C)C(=C)C1=C(C)c2cc(-c3ccccn3)c(OC)cc2OC1. The lowest BCUT2D eigenvalue weighted by atomic mass is 9.74. The maximum absolute atomic E-state index is 6.15. The number of aromatic nitrogens is 1. The Morgan fingerprint density at radius 1 is 1.19 bits per heavy atom. The van der Waals surface area contributed by atoms with E-state index in [9.17, 15) is 0 Å². The fourth-order valence-electron chi connectivity index (χ4n) is 4.30. The van der Waals surface area contributed by atoms with Gasteiger partial charge in [-0.05, 0) is 65.2 Å². The lowest BCUT2D eigenvalue weighted by molar-refractivity contribution is 0.232. The molecule has 0 spiro atoms. The second-order valence-corrected chi connectivity index (χ2v) is 9.41. The van der Waals surface area contributed by atoms with Gasteiger partial charge in [0.25, 0.3) is 0 Å². The highest BCUT2D eigenvalue weighted by molar-refractivity contribution is 5.83. The molecule has 1 aromatic heterocycles. The van der Waals surface area contributed by atoms with Crippen LogP contribution in [-0.2, 0) is 0 Å². The van der Waals surface area contributed by atoms with Gasteiger partial charge in [-0.15, -0.1) is 0 Å². The number of allylic oxidation sites excluding steroid dienone is 2. The fraction of sp³-hybridized carbons (Fsp3) is 0.393. The summed E-state index contributed by atoms with van der Waals surface area (Å²) in [5, 5.41) is 0. The summed E-state index contributed by atoms with van der Waals surface area (Å²) < 4.78 is 11.8. The van der Waals surface area contributed by atoms with Crippen LogP contribution in [0.4, 0.5) is 0 Å². The predicted molar refractivity (Wildman–Crippen MR) is 130 cm³/mol. The van der Waals surface area contributed by atoms with Crippen molar-refractivity contribution in [1.82, 2.24) is 4.98 Å². The Labute approximate surface area is 187 Å². The molecule has 0 saturated heterocycles. The largest absolute Gasteiger partial charge is 0.496 e. The predicted octanol–water partition coefficient (Wildman–Crippen LogP) is 7.50. The van der Waals surface area contributed by atoms with Gasteiger partial charge in [0.2, 0.25) is 0 Å². The molecule has 1 aliphatic rings. The van der Waals surface area contributed by atoms with E-state index in [0.29, 0.717) is 12.5 Å². The topological polar surface area (TPSA) is 31.4 Å². The average molecular weight is 418 g/mol. The Bertz CT molecular complexity index is 1010. The van der Waals surface area contributed by atoms with Gasteiger partial charge < -0.3 is 9.47 Å². The van der Waals surface area contributed by atoms with Gasteiger partial charge in [-0.3, -0.25) is 4.98 Å². The van der Waals surface area contributed by atoms with Gasteiger partial charge >= 0.3 is 0 Å². The van der Waals surface area contributed by atoms with Crippen molar-refractivity contribution >= 4 is 5.57 Å². The van der Waals surface area contributed by atoms with Crippen LogP contribution in [0, 0.1) is 11.3 Å². The van der Waals surface area contributed by atoms with Crippen molar-refractivity contribution in [3.8, 4) is 22.8 Å². The molecule has 3 heteroatoms. The number of nitrogens with zero attached hydrogens (tertiary/aromatic N) is 1. The molecule has 0 saturated carbocycles. The minimum atomic E-state index is 0.241. The molecule has 3 nitrogen and oxygen atoms in total. The van der Waals surface area contributed by atoms with Gasteiger partial charge in [0.1, 0.15) is 18.1 Å². The first-order valence-corrected chi connectivity index (χ1v) is 11.0. The minimum absolute atomic E-state index is 0.241. The number of benzene rings is 1. The Kier molecular flexibility index (Phi) is 6.74. The Hall–Kier alpha value is -2.81. The van der Waals surface area contributed by atoms with Crippen LogP contribution in [-0.4, -0.2) is 18.7 Å². The van der Waals surface area contributed by atoms with E-state index in [-0.39, 0.29) is 5.41 Å². The molecule has 2 aromatic rings. The van der Waals surface area contributed by atoms with Crippen molar-refractivity contribution in [2.75, 3.05) is 13.7 Å². The maximum Gasteiger partial charge on any atom is 0.131 e. The standard InChI is InChI=1S/C28H35NO2/c1-9-21(28(5,6)7)14-18(2)19(3)24-17-31-27-16-26(30-8)23(15-22(27)20(24)4)25-12-10-11-13-29-25/h10-13,15-16,21H,2-3,9,14,17H2,1,4-8H3. The minimum Gasteiger partial charge on any atom is -0.496 e. The second kappa shape index (κ2) is 9.13. The second-order valence-electron chi connectivity index (χ2n) is 9.41. The Balaban J connectivity index is 1.97. The molecular formula is C28H35NO2. The zero-order valence-electron chi connectivity index (χ0n) is 19.8. The molecule has 2 heterocycles. The normalized spacial score (nSPS) is 14.5. The van der Waals surface area contributed by atoms with Crippen LogP contribution < -0.4 is 9.47 Å². The lowest BCUT2D eigenvalue weighted by Gasteiger charge is -2.32. The van der Waals surface area contributed by atoms with Crippen LogP contribution in [0.25, 0.3) is 16.8 Å². The average Bonchev–Trinajstić information content (AvgIpc) is 2.76. The van der Waals surface area contributed by atoms with Crippen LogP contribution in [0.2, 0.25) is 0 Å². The van der Waals surface area contributed by atoms with Crippen LogP contribution in [0.5, 0.6) is 11.5 Å². The van der Waals surface area contributed by atoms with Crippen molar-refractivity contribution in [2.45, 2.75) is 47.5 Å². The molecule has 0 fully saturated rings. The number of hydrogen-bond donors (Lipinski definition) is 0. The molecule has 3 rings (SSSR count). The molecule has 0 amide bonds. The van der Waals surface area contributed by atoms with E-state index < -0.39 is 0 Å². The molecule has 1 aliphatic heterocycles. The van der Waals surface area contributed by atoms with Crippen LogP contribution in [0.3, 0.4) is 0 Å². The van der Waals surface area contributed by atoms with E-state index in [1.165, 1.54) is 5.57 Å². The summed E-state index contributed by atoms with van der Waals surface area (Å²) >= 11 is 0. The Morgan fingerprint density at radius 2 is 1.94 bits per heavy atom. The first kappa shape index (κ1) is 22.9. The third-order valence-electron chi connectivity index (χ3n) is 6.47. The third kappa shape index (κ3) is 4.76. The van der Waals surface area contributed by atoms with E-state index in [4.69, 9.17) is 9.47 Å². The molecule has 0 radical (unpaired) electrons. The van der Waals surface area contributed by atoms with Crippen LogP contribution in [0.15, 0.2) is 66.4 Å². The van der Waals surface area contributed by atoms with E-state index in [2.05, 4.69) is 58.8 Å². The van der Waals surface area contributed by atoms with E-state index in [1.807, 2.05) is 24.3 Å². The van der Waals surface area contributed by atoms with E-state index in [1.54, 1.807) is 13.3 Å². The fourth-order valence-corrected chi connectivity index (χ4v) is 4.30. The summed E-state index contributed by atoms with van der Waals surface area (Å²) in [5.41, 5.74) is 7.53. The highest BCUT2D eigenvalue weighted by atomic mass is 16.5. The molecule has 0 bridgehead atoms. The summed E-state index contributed by atoms with van der Waals surface area (Å²) in [6.07, 6.45) is 3.87. The van der Waals surface area contributed by atoms with Crippen molar-refractivity contribution in [1.29, 1.82) is 0 Å². The highest BCUT2D eigenvalue weighted by Crippen LogP contribution is 2.44.